The van der Waals surface area contributed by atoms with Gasteiger partial charge in [-0.15, -0.1) is 10.2 Å². The minimum atomic E-state index is 0.553. The van der Waals surface area contributed by atoms with E-state index in [4.69, 9.17) is 4.42 Å². The second-order valence-corrected chi connectivity index (χ2v) is 6.43. The van der Waals surface area contributed by atoms with Gasteiger partial charge >= 0.3 is 0 Å². The normalized spacial score (nSPS) is 21.8. The molecule has 1 aliphatic carbocycles. The van der Waals surface area contributed by atoms with Crippen LogP contribution >= 0.6 is 0 Å². The molecule has 2 fully saturated rings. The van der Waals surface area contributed by atoms with Crippen LogP contribution in [0.1, 0.15) is 56.7 Å². The maximum Gasteiger partial charge on any atom is 0.230 e. The third kappa shape index (κ3) is 3.58. The van der Waals surface area contributed by atoms with E-state index in [1.807, 2.05) is 0 Å². The lowest BCUT2D eigenvalue weighted by atomic mass is 10.2. The third-order valence-corrected chi connectivity index (χ3v) is 4.51. The average Bonchev–Trinajstić information content (AvgIpc) is 2.96. The molecule has 0 N–H and O–H groups in total. The summed E-state index contributed by atoms with van der Waals surface area (Å²) in [6, 6.07) is 0.685. The van der Waals surface area contributed by atoms with E-state index in [1.54, 1.807) is 0 Å². The summed E-state index contributed by atoms with van der Waals surface area (Å²) in [6.07, 6.45) is 6.37. The maximum atomic E-state index is 5.71. The zero-order chi connectivity index (χ0) is 13.9. The highest BCUT2D eigenvalue weighted by molar-refractivity contribution is 5.00. The van der Waals surface area contributed by atoms with Gasteiger partial charge in [-0.1, -0.05) is 0 Å². The highest BCUT2D eigenvalue weighted by Crippen LogP contribution is 2.39. The molecule has 1 aromatic rings. The molecule has 0 spiro atoms. The van der Waals surface area contributed by atoms with Gasteiger partial charge in [-0.2, -0.15) is 0 Å². The first-order chi connectivity index (χ1) is 9.72. The topological polar surface area (TPSA) is 45.4 Å². The second kappa shape index (κ2) is 6.22. The van der Waals surface area contributed by atoms with Crippen molar-refractivity contribution >= 4 is 0 Å². The predicted molar refractivity (Wildman–Crippen MR) is 77.5 cm³/mol. The van der Waals surface area contributed by atoms with Crippen LogP contribution in [0.4, 0.5) is 0 Å². The Morgan fingerprint density at radius 2 is 2.05 bits per heavy atom. The van der Waals surface area contributed by atoms with Gasteiger partial charge in [0.15, 0.2) is 0 Å². The molecule has 2 aliphatic rings. The molecule has 0 unspecified atom stereocenters. The van der Waals surface area contributed by atoms with Crippen molar-refractivity contribution in [3.8, 4) is 0 Å². The Hall–Kier alpha value is -0.940. The van der Waals surface area contributed by atoms with Crippen molar-refractivity contribution in [1.82, 2.24) is 20.0 Å². The Morgan fingerprint density at radius 1 is 1.30 bits per heavy atom. The van der Waals surface area contributed by atoms with Gasteiger partial charge in [0, 0.05) is 12.0 Å². The van der Waals surface area contributed by atoms with Gasteiger partial charge in [-0.3, -0.25) is 4.90 Å². The van der Waals surface area contributed by atoms with Gasteiger partial charge in [0.25, 0.3) is 0 Å². The van der Waals surface area contributed by atoms with Crippen molar-refractivity contribution in [1.29, 1.82) is 0 Å². The van der Waals surface area contributed by atoms with Crippen LogP contribution in [0.15, 0.2) is 4.42 Å². The van der Waals surface area contributed by atoms with Crippen LogP contribution in [-0.2, 0) is 6.54 Å². The standard InChI is InChI=1S/C15H26N4O/c1-12(19-8-3-4-9-19)7-10-18(2)11-14-16-17-15(20-14)13-5-6-13/h12-13H,3-11H2,1-2H3/t12-/m1/s1. The van der Waals surface area contributed by atoms with Crippen LogP contribution in [0, 0.1) is 0 Å². The molecule has 1 saturated heterocycles. The number of hydrogen-bond donors (Lipinski definition) is 0. The smallest absolute Gasteiger partial charge is 0.230 e. The van der Waals surface area contributed by atoms with Crippen LogP contribution in [0.2, 0.25) is 0 Å². The van der Waals surface area contributed by atoms with E-state index in [0.29, 0.717) is 12.0 Å². The molecule has 1 aromatic heterocycles. The molecular weight excluding hydrogens is 252 g/mol. The van der Waals surface area contributed by atoms with E-state index in [1.165, 1.54) is 45.2 Å². The predicted octanol–water partition coefficient (Wildman–Crippen LogP) is 2.25. The first-order valence-corrected chi connectivity index (χ1v) is 7.97. The maximum absolute atomic E-state index is 5.71. The summed E-state index contributed by atoms with van der Waals surface area (Å²) in [5.74, 6) is 2.17. The molecule has 1 aliphatic heterocycles. The molecule has 2 heterocycles. The van der Waals surface area contributed by atoms with Crippen molar-refractivity contribution in [2.24, 2.45) is 0 Å². The Balaban J connectivity index is 1.40. The van der Waals surface area contributed by atoms with Gasteiger partial charge in [-0.25, -0.2) is 0 Å². The summed E-state index contributed by atoms with van der Waals surface area (Å²) < 4.78 is 5.71. The molecule has 1 atom stereocenters. The summed E-state index contributed by atoms with van der Waals surface area (Å²) >= 11 is 0. The van der Waals surface area contributed by atoms with Gasteiger partial charge in [0.05, 0.1) is 6.54 Å². The monoisotopic (exact) mass is 278 g/mol. The van der Waals surface area contributed by atoms with Crippen molar-refractivity contribution in [2.75, 3.05) is 26.7 Å². The quantitative estimate of drug-likeness (QED) is 0.765. The lowest BCUT2D eigenvalue weighted by Crippen LogP contribution is -2.33. The van der Waals surface area contributed by atoms with E-state index < -0.39 is 0 Å². The molecule has 0 radical (unpaired) electrons. The second-order valence-electron chi connectivity index (χ2n) is 6.43. The van der Waals surface area contributed by atoms with Crippen LogP contribution in [0.25, 0.3) is 0 Å². The van der Waals surface area contributed by atoms with Gasteiger partial charge < -0.3 is 9.32 Å². The largest absolute Gasteiger partial charge is 0.424 e. The molecule has 5 heteroatoms. The number of aromatic nitrogens is 2. The Labute approximate surface area is 121 Å². The Morgan fingerprint density at radius 3 is 2.75 bits per heavy atom. The summed E-state index contributed by atoms with van der Waals surface area (Å²) in [6.45, 7) is 6.75. The number of likely N-dealkylation sites (tertiary alicyclic amines) is 1. The van der Waals surface area contributed by atoms with Crippen molar-refractivity contribution < 1.29 is 4.42 Å². The molecule has 1 saturated carbocycles. The highest BCUT2D eigenvalue weighted by atomic mass is 16.4. The molecule has 0 aromatic carbocycles. The van der Waals surface area contributed by atoms with Crippen molar-refractivity contribution in [3.05, 3.63) is 11.8 Å². The van der Waals surface area contributed by atoms with Crippen molar-refractivity contribution in [2.45, 2.75) is 57.5 Å². The lowest BCUT2D eigenvalue weighted by molar-refractivity contribution is 0.207. The highest BCUT2D eigenvalue weighted by Gasteiger charge is 2.29. The molecule has 0 bridgehead atoms. The van der Waals surface area contributed by atoms with Gasteiger partial charge in [0.1, 0.15) is 0 Å². The molecule has 112 valence electrons. The van der Waals surface area contributed by atoms with Crippen molar-refractivity contribution in [3.63, 3.8) is 0 Å². The fourth-order valence-corrected chi connectivity index (χ4v) is 2.91. The summed E-state index contributed by atoms with van der Waals surface area (Å²) in [7, 11) is 2.14. The summed E-state index contributed by atoms with van der Waals surface area (Å²) in [5, 5.41) is 8.29. The van der Waals surface area contributed by atoms with Crippen LogP contribution in [0.3, 0.4) is 0 Å². The minimum absolute atomic E-state index is 0.553. The zero-order valence-electron chi connectivity index (χ0n) is 12.7. The number of rotatable bonds is 7. The minimum Gasteiger partial charge on any atom is -0.424 e. The van der Waals surface area contributed by atoms with E-state index in [2.05, 4.69) is 34.0 Å². The Kier molecular flexibility index (Phi) is 4.36. The molecule has 0 amide bonds. The average molecular weight is 278 g/mol. The summed E-state index contributed by atoms with van der Waals surface area (Å²) in [4.78, 5) is 4.89. The SMILES string of the molecule is C[C@H](CCN(C)Cc1nnc(C2CC2)o1)N1CCCC1. The van der Waals surface area contributed by atoms with Crippen LogP contribution in [0.5, 0.6) is 0 Å². The van der Waals surface area contributed by atoms with Crippen LogP contribution in [-0.4, -0.2) is 52.7 Å². The first kappa shape index (κ1) is 14.0. The third-order valence-electron chi connectivity index (χ3n) is 4.51. The van der Waals surface area contributed by atoms with E-state index >= 15 is 0 Å². The Bertz CT molecular complexity index is 423. The molecular formula is C15H26N4O. The molecule has 5 nitrogen and oxygen atoms in total. The number of nitrogens with zero attached hydrogens (tertiary/aromatic N) is 4. The van der Waals surface area contributed by atoms with E-state index in [9.17, 15) is 0 Å². The number of hydrogen-bond acceptors (Lipinski definition) is 5. The fourth-order valence-electron chi connectivity index (χ4n) is 2.91. The summed E-state index contributed by atoms with van der Waals surface area (Å²) in [5.41, 5.74) is 0. The molecule has 20 heavy (non-hydrogen) atoms. The fraction of sp³-hybridized carbons (Fsp3) is 0.867. The van der Waals surface area contributed by atoms with Crippen LogP contribution < -0.4 is 0 Å². The zero-order valence-corrected chi connectivity index (χ0v) is 12.7. The van der Waals surface area contributed by atoms with E-state index in [0.717, 1.165) is 24.9 Å². The lowest BCUT2D eigenvalue weighted by Gasteiger charge is -2.25. The van der Waals surface area contributed by atoms with E-state index in [-0.39, 0.29) is 0 Å². The first-order valence-electron chi connectivity index (χ1n) is 7.97. The van der Waals surface area contributed by atoms with Gasteiger partial charge in [-0.05, 0) is 65.7 Å². The molecule has 3 rings (SSSR count). The van der Waals surface area contributed by atoms with Gasteiger partial charge in [0.2, 0.25) is 11.8 Å².